The molecule has 2 fully saturated rings. The van der Waals surface area contributed by atoms with E-state index in [1.54, 1.807) is 15.4 Å². The number of fused-ring (bicyclic) bond motifs is 1. The summed E-state index contributed by atoms with van der Waals surface area (Å²) in [5.74, 6) is 0.940. The number of pyridine rings is 1. The fourth-order valence-electron chi connectivity index (χ4n) is 5.54. The van der Waals surface area contributed by atoms with Gasteiger partial charge in [-0.25, -0.2) is 4.98 Å². The Balaban J connectivity index is 1.44. The van der Waals surface area contributed by atoms with E-state index in [1.807, 2.05) is 31.3 Å². The standard InChI is InChI=1S/C32H39N5O2S2/c1-4-6-10-24(5-2)22-37-31(39)27(41-32(37)40)19-26-29(33-28-14-13-23(3)20-36(28)30(26)38)35-17-15-34(16-18-35)21-25-11-8-7-9-12-25/h7-9,11-14,19-20,24H,4-6,10,15-18,21-22H2,1-3H3/b27-19+. The first-order valence-corrected chi connectivity index (χ1v) is 15.9. The number of anilines is 1. The molecule has 2 aliphatic rings. The molecule has 216 valence electrons. The molecule has 41 heavy (non-hydrogen) atoms. The van der Waals surface area contributed by atoms with Crippen molar-refractivity contribution in [1.82, 2.24) is 19.2 Å². The van der Waals surface area contributed by atoms with Gasteiger partial charge >= 0.3 is 0 Å². The molecule has 1 amide bonds. The number of benzene rings is 1. The Hall–Kier alpha value is -3.01. The molecule has 1 atom stereocenters. The minimum Gasteiger partial charge on any atom is -0.353 e. The Morgan fingerprint density at radius 3 is 2.51 bits per heavy atom. The molecule has 0 bridgehead atoms. The first-order chi connectivity index (χ1) is 19.9. The van der Waals surface area contributed by atoms with Crippen molar-refractivity contribution in [3.63, 3.8) is 0 Å². The molecule has 0 spiro atoms. The largest absolute Gasteiger partial charge is 0.353 e. The summed E-state index contributed by atoms with van der Waals surface area (Å²) >= 11 is 6.95. The zero-order valence-electron chi connectivity index (χ0n) is 24.2. The van der Waals surface area contributed by atoms with Gasteiger partial charge in [-0.3, -0.25) is 23.8 Å². The minimum atomic E-state index is -0.167. The van der Waals surface area contributed by atoms with Gasteiger partial charge in [-0.2, -0.15) is 0 Å². The van der Waals surface area contributed by atoms with Gasteiger partial charge < -0.3 is 4.90 Å². The van der Waals surface area contributed by atoms with Crippen LogP contribution in [-0.2, 0) is 11.3 Å². The quantitative estimate of drug-likeness (QED) is 0.221. The second kappa shape index (κ2) is 13.3. The number of thiocarbonyl (C=S) groups is 1. The Bertz CT molecular complexity index is 1500. The zero-order valence-corrected chi connectivity index (χ0v) is 25.8. The van der Waals surface area contributed by atoms with Gasteiger partial charge in [0.1, 0.15) is 15.8 Å². The van der Waals surface area contributed by atoms with Crippen molar-refractivity contribution in [3.8, 4) is 0 Å². The maximum absolute atomic E-state index is 13.9. The van der Waals surface area contributed by atoms with Crippen molar-refractivity contribution in [2.45, 2.75) is 53.0 Å². The fraction of sp³-hybridized carbons (Fsp3) is 0.438. The number of carbonyl (C=O) groups is 1. The fourth-order valence-corrected chi connectivity index (χ4v) is 6.79. The highest BCUT2D eigenvalue weighted by atomic mass is 32.2. The number of hydrogen-bond acceptors (Lipinski definition) is 7. The molecule has 0 aliphatic carbocycles. The number of piperazine rings is 1. The number of aryl methyl sites for hydroxylation is 1. The summed E-state index contributed by atoms with van der Waals surface area (Å²) in [5, 5.41) is 0. The molecule has 2 saturated heterocycles. The summed E-state index contributed by atoms with van der Waals surface area (Å²) in [7, 11) is 0. The SMILES string of the molecule is CCCCC(CC)CN1C(=O)/C(=C\c2c(N3CCN(Cc4ccccc4)CC3)nc3ccc(C)cn3c2=O)SC1=S. The van der Waals surface area contributed by atoms with Crippen LogP contribution in [0.5, 0.6) is 0 Å². The minimum absolute atomic E-state index is 0.109. The predicted octanol–water partition coefficient (Wildman–Crippen LogP) is 5.74. The van der Waals surface area contributed by atoms with Crippen LogP contribution < -0.4 is 10.5 Å². The highest BCUT2D eigenvalue weighted by molar-refractivity contribution is 8.26. The average molecular weight is 590 g/mol. The van der Waals surface area contributed by atoms with E-state index in [1.165, 1.54) is 17.3 Å². The van der Waals surface area contributed by atoms with Crippen LogP contribution in [0, 0.1) is 12.8 Å². The van der Waals surface area contributed by atoms with Gasteiger partial charge in [0.25, 0.3) is 11.5 Å². The number of hydrogen-bond donors (Lipinski definition) is 0. The molecule has 9 heteroatoms. The lowest BCUT2D eigenvalue weighted by Gasteiger charge is -2.36. The lowest BCUT2D eigenvalue weighted by atomic mass is 9.99. The van der Waals surface area contributed by atoms with Crippen LogP contribution >= 0.6 is 24.0 Å². The Kier molecular flexibility index (Phi) is 9.57. The van der Waals surface area contributed by atoms with Crippen molar-refractivity contribution < 1.29 is 4.79 Å². The molecule has 2 aromatic heterocycles. The normalized spacial score (nSPS) is 18.2. The Labute approximate surface area is 252 Å². The topological polar surface area (TPSA) is 61.2 Å². The Morgan fingerprint density at radius 2 is 1.80 bits per heavy atom. The molecule has 4 heterocycles. The van der Waals surface area contributed by atoms with Gasteiger partial charge in [-0.15, -0.1) is 0 Å². The maximum atomic E-state index is 13.9. The van der Waals surface area contributed by atoms with Crippen LogP contribution in [0.3, 0.4) is 0 Å². The lowest BCUT2D eigenvalue weighted by molar-refractivity contribution is -0.122. The molecule has 3 aromatic rings. The maximum Gasteiger partial charge on any atom is 0.267 e. The molecule has 1 unspecified atom stereocenters. The van der Waals surface area contributed by atoms with Gasteiger partial charge in [-0.1, -0.05) is 93.5 Å². The molecule has 7 nitrogen and oxygen atoms in total. The lowest BCUT2D eigenvalue weighted by Crippen LogP contribution is -2.47. The molecule has 0 saturated carbocycles. The van der Waals surface area contributed by atoms with E-state index in [0.717, 1.165) is 64.0 Å². The van der Waals surface area contributed by atoms with Gasteiger partial charge in [0.05, 0.1) is 10.5 Å². The summed E-state index contributed by atoms with van der Waals surface area (Å²) in [6.07, 6.45) is 7.92. The van der Waals surface area contributed by atoms with E-state index in [9.17, 15) is 9.59 Å². The van der Waals surface area contributed by atoms with Crippen molar-refractivity contribution in [3.05, 3.63) is 80.6 Å². The van der Waals surface area contributed by atoms with Crippen LogP contribution in [0.2, 0.25) is 0 Å². The molecule has 0 N–H and O–H groups in total. The number of unbranched alkanes of at least 4 members (excludes halogenated alkanes) is 1. The summed E-state index contributed by atoms with van der Waals surface area (Å²) in [4.78, 5) is 39.3. The van der Waals surface area contributed by atoms with Crippen molar-refractivity contribution in [1.29, 1.82) is 0 Å². The van der Waals surface area contributed by atoms with Gasteiger partial charge in [0.2, 0.25) is 0 Å². The van der Waals surface area contributed by atoms with Crippen LogP contribution in [-0.4, -0.2) is 62.1 Å². The number of aromatic nitrogens is 2. The highest BCUT2D eigenvalue weighted by Crippen LogP contribution is 2.35. The van der Waals surface area contributed by atoms with Crippen molar-refractivity contribution in [2.75, 3.05) is 37.6 Å². The summed E-state index contributed by atoms with van der Waals surface area (Å²) in [6.45, 7) is 11.1. The molecule has 2 aliphatic heterocycles. The highest BCUT2D eigenvalue weighted by Gasteiger charge is 2.34. The smallest absolute Gasteiger partial charge is 0.267 e. The molecule has 0 radical (unpaired) electrons. The summed E-state index contributed by atoms with van der Waals surface area (Å²) < 4.78 is 2.16. The van der Waals surface area contributed by atoms with Gasteiger partial charge in [-0.05, 0) is 42.5 Å². The third-order valence-electron chi connectivity index (χ3n) is 8.04. The first kappa shape index (κ1) is 29.5. The van der Waals surface area contributed by atoms with Crippen LogP contribution in [0.4, 0.5) is 5.82 Å². The number of amides is 1. The predicted molar refractivity (Wildman–Crippen MR) is 173 cm³/mol. The Morgan fingerprint density at radius 1 is 1.05 bits per heavy atom. The van der Waals surface area contributed by atoms with E-state index in [0.29, 0.717) is 38.7 Å². The third-order valence-corrected chi connectivity index (χ3v) is 9.42. The second-order valence-electron chi connectivity index (χ2n) is 11.0. The number of thioether (sulfide) groups is 1. The van der Waals surface area contributed by atoms with Crippen molar-refractivity contribution >= 4 is 51.7 Å². The first-order valence-electron chi connectivity index (χ1n) is 14.7. The van der Waals surface area contributed by atoms with Crippen LogP contribution in [0.25, 0.3) is 11.7 Å². The van der Waals surface area contributed by atoms with Crippen molar-refractivity contribution in [2.24, 2.45) is 5.92 Å². The average Bonchev–Trinajstić information content (AvgIpc) is 3.25. The molecule has 5 rings (SSSR count). The van der Waals surface area contributed by atoms with E-state index in [2.05, 4.69) is 47.9 Å². The number of rotatable bonds is 10. The van der Waals surface area contributed by atoms with E-state index in [-0.39, 0.29) is 11.5 Å². The monoisotopic (exact) mass is 589 g/mol. The van der Waals surface area contributed by atoms with Crippen LogP contribution in [0.1, 0.15) is 56.2 Å². The van der Waals surface area contributed by atoms with E-state index < -0.39 is 0 Å². The molecular formula is C32H39N5O2S2. The van der Waals surface area contributed by atoms with E-state index >= 15 is 0 Å². The number of nitrogens with zero attached hydrogens (tertiary/aromatic N) is 5. The summed E-state index contributed by atoms with van der Waals surface area (Å²) in [5.41, 5.74) is 3.15. The summed E-state index contributed by atoms with van der Waals surface area (Å²) in [6, 6.07) is 14.3. The van der Waals surface area contributed by atoms with E-state index in [4.69, 9.17) is 17.2 Å². The molecule has 1 aromatic carbocycles. The zero-order chi connectivity index (χ0) is 28.9. The second-order valence-corrected chi connectivity index (χ2v) is 12.7. The third kappa shape index (κ3) is 6.74. The molecular weight excluding hydrogens is 551 g/mol. The van der Waals surface area contributed by atoms with Gasteiger partial charge in [0.15, 0.2) is 0 Å². The van der Waals surface area contributed by atoms with Crippen LogP contribution in [0.15, 0.2) is 58.4 Å². The van der Waals surface area contributed by atoms with Gasteiger partial charge in [0, 0.05) is 45.5 Å². The number of carbonyl (C=O) groups excluding carboxylic acids is 1.